The van der Waals surface area contributed by atoms with Crippen LogP contribution in [0.5, 0.6) is 0 Å². The Labute approximate surface area is 106 Å². The molecule has 84 valence electrons. The molecule has 3 aromatic heterocycles. The fraction of sp³-hybridized carbons (Fsp3) is 0.0833. The van der Waals surface area contributed by atoms with Crippen LogP contribution in [-0.2, 0) is 0 Å². The zero-order chi connectivity index (χ0) is 11.8. The number of aromatic nitrogens is 4. The van der Waals surface area contributed by atoms with Gasteiger partial charge in [0.1, 0.15) is 0 Å². The summed E-state index contributed by atoms with van der Waals surface area (Å²) < 4.78 is 2.72. The highest BCUT2D eigenvalue weighted by Crippen LogP contribution is 2.25. The molecule has 0 N–H and O–H groups in total. The van der Waals surface area contributed by atoms with E-state index in [9.17, 15) is 0 Å². The Bertz CT molecular complexity index is 676. The van der Waals surface area contributed by atoms with Gasteiger partial charge in [0.15, 0.2) is 5.65 Å². The fourth-order valence-corrected chi connectivity index (χ4v) is 2.20. The standard InChI is InChI=1S/C12H9BrN4/c1-8-5-15-12-10(13)7-16-17(12)11(8)9-3-2-4-14-6-9/h2-7H,1H3. The van der Waals surface area contributed by atoms with Crippen LogP contribution in [0.25, 0.3) is 16.9 Å². The smallest absolute Gasteiger partial charge is 0.169 e. The highest BCUT2D eigenvalue weighted by molar-refractivity contribution is 9.10. The van der Waals surface area contributed by atoms with Crippen LogP contribution in [-0.4, -0.2) is 19.6 Å². The number of hydrogen-bond acceptors (Lipinski definition) is 3. The van der Waals surface area contributed by atoms with Crippen LogP contribution in [0.2, 0.25) is 0 Å². The van der Waals surface area contributed by atoms with E-state index in [1.807, 2.05) is 36.0 Å². The van der Waals surface area contributed by atoms with Gasteiger partial charge in [-0.25, -0.2) is 9.50 Å². The van der Waals surface area contributed by atoms with Gasteiger partial charge in [-0.15, -0.1) is 0 Å². The molecular weight excluding hydrogens is 280 g/mol. The lowest BCUT2D eigenvalue weighted by molar-refractivity contribution is 0.936. The van der Waals surface area contributed by atoms with Crippen molar-refractivity contribution in [3.63, 3.8) is 0 Å². The summed E-state index contributed by atoms with van der Waals surface area (Å²) in [5.41, 5.74) is 3.94. The predicted molar refractivity (Wildman–Crippen MR) is 68.7 cm³/mol. The van der Waals surface area contributed by atoms with Crippen LogP contribution in [0.1, 0.15) is 5.56 Å². The molecule has 0 spiro atoms. The van der Waals surface area contributed by atoms with Crippen molar-refractivity contribution in [3.8, 4) is 11.3 Å². The molecular formula is C12H9BrN4. The zero-order valence-electron chi connectivity index (χ0n) is 9.13. The lowest BCUT2D eigenvalue weighted by Crippen LogP contribution is -1.99. The molecule has 0 aliphatic heterocycles. The summed E-state index contributed by atoms with van der Waals surface area (Å²) in [5.74, 6) is 0. The maximum absolute atomic E-state index is 4.36. The summed E-state index contributed by atoms with van der Waals surface area (Å²) in [6.07, 6.45) is 7.19. The van der Waals surface area contributed by atoms with Crippen molar-refractivity contribution >= 4 is 21.6 Å². The van der Waals surface area contributed by atoms with E-state index in [0.29, 0.717) is 0 Å². The van der Waals surface area contributed by atoms with Crippen molar-refractivity contribution in [2.75, 3.05) is 0 Å². The van der Waals surface area contributed by atoms with E-state index in [1.54, 1.807) is 12.4 Å². The quantitative estimate of drug-likeness (QED) is 0.692. The summed E-state index contributed by atoms with van der Waals surface area (Å²) >= 11 is 3.44. The molecule has 5 heteroatoms. The summed E-state index contributed by atoms with van der Waals surface area (Å²) in [6, 6.07) is 3.93. The van der Waals surface area contributed by atoms with Crippen LogP contribution in [0, 0.1) is 6.92 Å². The van der Waals surface area contributed by atoms with E-state index < -0.39 is 0 Å². The summed E-state index contributed by atoms with van der Waals surface area (Å²) in [4.78, 5) is 8.50. The maximum Gasteiger partial charge on any atom is 0.169 e. The van der Waals surface area contributed by atoms with Gasteiger partial charge in [0.2, 0.25) is 0 Å². The van der Waals surface area contributed by atoms with Crippen molar-refractivity contribution in [3.05, 3.63) is 47.0 Å². The molecule has 0 aliphatic carbocycles. The van der Waals surface area contributed by atoms with Gasteiger partial charge in [-0.2, -0.15) is 5.10 Å². The van der Waals surface area contributed by atoms with Gasteiger partial charge in [0.05, 0.1) is 16.4 Å². The molecule has 0 radical (unpaired) electrons. The Morgan fingerprint density at radius 3 is 2.88 bits per heavy atom. The van der Waals surface area contributed by atoms with E-state index in [1.165, 1.54) is 0 Å². The molecule has 17 heavy (non-hydrogen) atoms. The van der Waals surface area contributed by atoms with E-state index in [0.717, 1.165) is 26.9 Å². The largest absolute Gasteiger partial charge is 0.264 e. The molecule has 0 fully saturated rings. The Morgan fingerprint density at radius 1 is 1.24 bits per heavy atom. The van der Waals surface area contributed by atoms with Gasteiger partial charge in [0, 0.05) is 24.2 Å². The minimum Gasteiger partial charge on any atom is -0.264 e. The van der Waals surface area contributed by atoms with Crippen molar-refractivity contribution < 1.29 is 0 Å². The fourth-order valence-electron chi connectivity index (χ4n) is 1.84. The third-order valence-electron chi connectivity index (χ3n) is 2.60. The number of pyridine rings is 1. The first-order chi connectivity index (χ1) is 8.27. The van der Waals surface area contributed by atoms with Crippen LogP contribution in [0.4, 0.5) is 0 Å². The molecule has 0 bridgehead atoms. The average molecular weight is 289 g/mol. The Morgan fingerprint density at radius 2 is 2.12 bits per heavy atom. The minimum absolute atomic E-state index is 0.814. The first-order valence-corrected chi connectivity index (χ1v) is 5.96. The highest BCUT2D eigenvalue weighted by Gasteiger charge is 2.11. The third kappa shape index (κ3) is 1.63. The molecule has 0 saturated carbocycles. The molecule has 3 aromatic rings. The maximum atomic E-state index is 4.36. The van der Waals surface area contributed by atoms with Gasteiger partial charge in [0.25, 0.3) is 0 Å². The molecule has 0 unspecified atom stereocenters. The zero-order valence-corrected chi connectivity index (χ0v) is 10.7. The first-order valence-electron chi connectivity index (χ1n) is 5.16. The van der Waals surface area contributed by atoms with E-state index >= 15 is 0 Å². The number of nitrogens with zero attached hydrogens (tertiary/aromatic N) is 4. The molecule has 0 amide bonds. The average Bonchev–Trinajstić information content (AvgIpc) is 2.72. The second-order valence-corrected chi connectivity index (χ2v) is 4.61. The molecule has 3 rings (SSSR count). The SMILES string of the molecule is Cc1cnc2c(Br)cnn2c1-c1cccnc1. The monoisotopic (exact) mass is 288 g/mol. The van der Waals surface area contributed by atoms with Gasteiger partial charge >= 0.3 is 0 Å². The van der Waals surface area contributed by atoms with Gasteiger partial charge < -0.3 is 0 Å². The van der Waals surface area contributed by atoms with Crippen molar-refractivity contribution in [2.45, 2.75) is 6.92 Å². The lowest BCUT2D eigenvalue weighted by Gasteiger charge is -2.07. The molecule has 0 aliphatic rings. The number of rotatable bonds is 1. The third-order valence-corrected chi connectivity index (χ3v) is 3.16. The Kier molecular flexibility index (Phi) is 2.40. The molecule has 0 saturated heterocycles. The second kappa shape index (κ2) is 3.92. The lowest BCUT2D eigenvalue weighted by atomic mass is 10.1. The number of aryl methyl sites for hydroxylation is 1. The van der Waals surface area contributed by atoms with Crippen molar-refractivity contribution in [2.24, 2.45) is 0 Å². The van der Waals surface area contributed by atoms with Crippen LogP contribution in [0.3, 0.4) is 0 Å². The Hall–Kier alpha value is -1.75. The topological polar surface area (TPSA) is 43.1 Å². The highest BCUT2D eigenvalue weighted by atomic mass is 79.9. The summed E-state index contributed by atoms with van der Waals surface area (Å²) in [7, 11) is 0. The normalized spacial score (nSPS) is 10.9. The molecule has 3 heterocycles. The van der Waals surface area contributed by atoms with Gasteiger partial charge in [-0.05, 0) is 40.5 Å². The van der Waals surface area contributed by atoms with Crippen LogP contribution >= 0.6 is 15.9 Å². The number of hydrogen-bond donors (Lipinski definition) is 0. The predicted octanol–water partition coefficient (Wildman–Crippen LogP) is 2.86. The number of fused-ring (bicyclic) bond motifs is 1. The molecule has 0 aromatic carbocycles. The van der Waals surface area contributed by atoms with E-state index in [4.69, 9.17) is 0 Å². The van der Waals surface area contributed by atoms with Gasteiger partial charge in [-0.3, -0.25) is 4.98 Å². The van der Waals surface area contributed by atoms with Gasteiger partial charge in [-0.1, -0.05) is 0 Å². The molecule has 0 atom stereocenters. The summed E-state index contributed by atoms with van der Waals surface area (Å²) in [5, 5.41) is 4.33. The van der Waals surface area contributed by atoms with E-state index in [2.05, 4.69) is 31.0 Å². The van der Waals surface area contributed by atoms with Crippen LogP contribution < -0.4 is 0 Å². The van der Waals surface area contributed by atoms with Crippen LogP contribution in [0.15, 0.2) is 41.4 Å². The first kappa shape index (κ1) is 10.4. The minimum atomic E-state index is 0.814. The molecule has 4 nitrogen and oxygen atoms in total. The van der Waals surface area contributed by atoms with Crippen molar-refractivity contribution in [1.82, 2.24) is 19.6 Å². The number of halogens is 1. The summed E-state index contributed by atoms with van der Waals surface area (Å²) in [6.45, 7) is 2.02. The second-order valence-electron chi connectivity index (χ2n) is 3.76. The Balaban J connectivity index is 2.39. The van der Waals surface area contributed by atoms with E-state index in [-0.39, 0.29) is 0 Å². The van der Waals surface area contributed by atoms with Crippen molar-refractivity contribution in [1.29, 1.82) is 0 Å².